The summed E-state index contributed by atoms with van der Waals surface area (Å²) in [6.45, 7) is 0.158. The number of hydrogen-bond donors (Lipinski definition) is 2. The number of hydrogen-bond acceptors (Lipinski definition) is 5. The van der Waals surface area contributed by atoms with Gasteiger partial charge in [-0.2, -0.15) is 5.10 Å². The van der Waals surface area contributed by atoms with Gasteiger partial charge < -0.3 is 4.74 Å². The number of aromatic nitrogens is 3. The number of sulfonamides is 1. The van der Waals surface area contributed by atoms with Crippen LogP contribution < -0.4 is 9.46 Å². The first kappa shape index (κ1) is 19.0. The third kappa shape index (κ3) is 5.11. The van der Waals surface area contributed by atoms with Crippen LogP contribution in [0.25, 0.3) is 0 Å². The van der Waals surface area contributed by atoms with Gasteiger partial charge in [-0.3, -0.25) is 5.10 Å². The van der Waals surface area contributed by atoms with Gasteiger partial charge in [0.15, 0.2) is 5.82 Å². The summed E-state index contributed by atoms with van der Waals surface area (Å²) >= 11 is 0. The zero-order chi connectivity index (χ0) is 19.3. The number of halogens is 1. The molecule has 0 amide bonds. The Morgan fingerprint density at radius 1 is 1.19 bits per heavy atom. The van der Waals surface area contributed by atoms with Gasteiger partial charge in [0.2, 0.25) is 10.0 Å². The highest BCUT2D eigenvalue weighted by atomic mass is 32.2. The predicted molar refractivity (Wildman–Crippen MR) is 97.5 cm³/mol. The molecule has 0 atom stereocenters. The van der Waals surface area contributed by atoms with Gasteiger partial charge in [-0.25, -0.2) is 22.5 Å². The van der Waals surface area contributed by atoms with E-state index in [2.05, 4.69) is 19.9 Å². The number of benzene rings is 2. The molecule has 7 nitrogen and oxygen atoms in total. The van der Waals surface area contributed by atoms with E-state index < -0.39 is 10.0 Å². The molecule has 0 fully saturated rings. The summed E-state index contributed by atoms with van der Waals surface area (Å²) in [7, 11) is -2.10. The van der Waals surface area contributed by atoms with Gasteiger partial charge in [-0.1, -0.05) is 12.1 Å². The van der Waals surface area contributed by atoms with Crippen molar-refractivity contribution in [2.24, 2.45) is 0 Å². The van der Waals surface area contributed by atoms with Crippen molar-refractivity contribution in [2.45, 2.75) is 17.7 Å². The molecule has 0 saturated heterocycles. The van der Waals surface area contributed by atoms with Crippen molar-refractivity contribution in [3.05, 3.63) is 71.6 Å². The number of ether oxygens (including phenoxy) is 1. The number of nitrogens with zero attached hydrogens (tertiary/aromatic N) is 2. The van der Waals surface area contributed by atoms with E-state index in [1.54, 1.807) is 24.3 Å². The van der Waals surface area contributed by atoms with Crippen LogP contribution in [0, 0.1) is 5.82 Å². The van der Waals surface area contributed by atoms with E-state index in [4.69, 9.17) is 4.74 Å². The maximum absolute atomic E-state index is 13.2. The molecular formula is C18H19FN4O3S. The number of nitrogens with one attached hydrogen (secondary N) is 2. The lowest BCUT2D eigenvalue weighted by atomic mass is 10.1. The first-order chi connectivity index (χ1) is 13.0. The quantitative estimate of drug-likeness (QED) is 0.614. The van der Waals surface area contributed by atoms with Crippen LogP contribution in [0.5, 0.6) is 5.75 Å². The summed E-state index contributed by atoms with van der Waals surface area (Å²) in [6.07, 6.45) is 0.747. The largest absolute Gasteiger partial charge is 0.497 e. The van der Waals surface area contributed by atoms with E-state index in [0.717, 1.165) is 5.56 Å². The van der Waals surface area contributed by atoms with Crippen molar-refractivity contribution >= 4 is 10.0 Å². The Morgan fingerprint density at radius 2 is 1.96 bits per heavy atom. The number of methoxy groups -OCH3 is 1. The van der Waals surface area contributed by atoms with E-state index in [9.17, 15) is 12.8 Å². The van der Waals surface area contributed by atoms with E-state index in [0.29, 0.717) is 30.2 Å². The molecule has 0 aliphatic carbocycles. The molecule has 0 aliphatic rings. The van der Waals surface area contributed by atoms with Gasteiger partial charge in [0.05, 0.1) is 12.0 Å². The molecule has 2 aromatic carbocycles. The lowest BCUT2D eigenvalue weighted by Gasteiger charge is -2.06. The zero-order valence-corrected chi connectivity index (χ0v) is 15.5. The van der Waals surface area contributed by atoms with Crippen molar-refractivity contribution in [1.29, 1.82) is 0 Å². The molecule has 0 saturated carbocycles. The van der Waals surface area contributed by atoms with Crippen LogP contribution in [0.3, 0.4) is 0 Å². The Bertz CT molecular complexity index is 1000. The number of H-pyrrole nitrogens is 1. The Labute approximate surface area is 156 Å². The van der Waals surface area contributed by atoms with Crippen molar-refractivity contribution in [3.63, 3.8) is 0 Å². The summed E-state index contributed by atoms with van der Waals surface area (Å²) in [5, 5.41) is 6.86. The molecule has 2 N–H and O–H groups in total. The second-order valence-electron chi connectivity index (χ2n) is 5.83. The second-order valence-corrected chi connectivity index (χ2v) is 7.60. The smallest absolute Gasteiger partial charge is 0.240 e. The third-order valence-electron chi connectivity index (χ3n) is 3.85. The van der Waals surface area contributed by atoms with Gasteiger partial charge >= 0.3 is 0 Å². The molecule has 0 radical (unpaired) electrons. The van der Waals surface area contributed by atoms with E-state index in [1.807, 2.05) is 0 Å². The summed E-state index contributed by atoms with van der Waals surface area (Å²) in [4.78, 5) is 4.47. The molecular weight excluding hydrogens is 371 g/mol. The minimum Gasteiger partial charge on any atom is -0.497 e. The van der Waals surface area contributed by atoms with Crippen LogP contribution in [-0.4, -0.2) is 37.3 Å². The Balaban J connectivity index is 1.55. The highest BCUT2D eigenvalue weighted by Gasteiger charge is 2.14. The topological polar surface area (TPSA) is 97.0 Å². The van der Waals surface area contributed by atoms with Gasteiger partial charge in [-0.15, -0.1) is 0 Å². The molecule has 0 bridgehead atoms. The van der Waals surface area contributed by atoms with Gasteiger partial charge in [0.25, 0.3) is 0 Å². The lowest BCUT2D eigenvalue weighted by molar-refractivity contribution is 0.414. The van der Waals surface area contributed by atoms with E-state index in [-0.39, 0.29) is 17.3 Å². The summed E-state index contributed by atoms with van der Waals surface area (Å²) < 4.78 is 45.3. The van der Waals surface area contributed by atoms with Gasteiger partial charge in [0, 0.05) is 19.4 Å². The summed E-state index contributed by atoms with van der Waals surface area (Å²) in [6, 6.07) is 12.4. The van der Waals surface area contributed by atoms with Gasteiger partial charge in [-0.05, 0) is 42.0 Å². The van der Waals surface area contributed by atoms with Crippen LogP contribution in [0.1, 0.15) is 17.2 Å². The highest BCUT2D eigenvalue weighted by Crippen LogP contribution is 2.15. The molecule has 142 valence electrons. The fraction of sp³-hybridized carbons (Fsp3) is 0.222. The molecule has 1 aromatic heterocycles. The molecule has 9 heteroatoms. The minimum absolute atomic E-state index is 0.157. The first-order valence-corrected chi connectivity index (χ1v) is 9.73. The first-order valence-electron chi connectivity index (χ1n) is 8.24. The fourth-order valence-corrected chi connectivity index (χ4v) is 3.53. The average molecular weight is 390 g/mol. The van der Waals surface area contributed by atoms with Crippen LogP contribution in [0.2, 0.25) is 0 Å². The molecule has 3 rings (SSSR count). The molecule has 1 heterocycles. The fourth-order valence-electron chi connectivity index (χ4n) is 2.50. The Morgan fingerprint density at radius 3 is 2.67 bits per heavy atom. The monoisotopic (exact) mass is 390 g/mol. The Kier molecular flexibility index (Phi) is 5.82. The third-order valence-corrected chi connectivity index (χ3v) is 5.33. The van der Waals surface area contributed by atoms with E-state index >= 15 is 0 Å². The lowest BCUT2D eigenvalue weighted by Crippen LogP contribution is -2.26. The van der Waals surface area contributed by atoms with Crippen molar-refractivity contribution in [1.82, 2.24) is 19.9 Å². The molecule has 0 spiro atoms. The Hall–Kier alpha value is -2.78. The van der Waals surface area contributed by atoms with E-state index in [1.165, 1.54) is 31.4 Å². The van der Waals surface area contributed by atoms with Gasteiger partial charge in [0.1, 0.15) is 17.4 Å². The molecule has 0 unspecified atom stereocenters. The number of aromatic amines is 1. The van der Waals surface area contributed by atoms with Crippen molar-refractivity contribution in [3.8, 4) is 5.75 Å². The second kappa shape index (κ2) is 8.28. The van der Waals surface area contributed by atoms with Crippen LogP contribution in [0.15, 0.2) is 53.4 Å². The highest BCUT2D eigenvalue weighted by molar-refractivity contribution is 7.89. The summed E-state index contributed by atoms with van der Waals surface area (Å²) in [5.74, 6) is 1.35. The standard InChI is InChI=1S/C18H19FN4O3S/c1-26-15-5-7-16(8-6-15)27(24,25)20-10-9-17-21-18(23-22-17)12-13-3-2-4-14(19)11-13/h2-8,11,20H,9-10,12H2,1H3,(H,21,22,23). The molecule has 27 heavy (non-hydrogen) atoms. The normalized spacial score (nSPS) is 11.5. The average Bonchev–Trinajstić information content (AvgIpc) is 3.09. The zero-order valence-electron chi connectivity index (χ0n) is 14.6. The number of rotatable bonds is 8. The maximum atomic E-state index is 13.2. The maximum Gasteiger partial charge on any atom is 0.240 e. The van der Waals surface area contributed by atoms with Crippen molar-refractivity contribution in [2.75, 3.05) is 13.7 Å². The van der Waals surface area contributed by atoms with Crippen LogP contribution in [0.4, 0.5) is 4.39 Å². The minimum atomic E-state index is -3.61. The van der Waals surface area contributed by atoms with Crippen molar-refractivity contribution < 1.29 is 17.5 Å². The van der Waals surface area contributed by atoms with Crippen LogP contribution in [-0.2, 0) is 22.9 Å². The predicted octanol–water partition coefficient (Wildman–Crippen LogP) is 2.06. The SMILES string of the molecule is COc1ccc(S(=O)(=O)NCCc2n[nH]c(Cc3cccc(F)c3)n2)cc1. The molecule has 0 aliphatic heterocycles. The molecule has 3 aromatic rings. The van der Waals surface area contributed by atoms with Crippen LogP contribution >= 0.6 is 0 Å². The summed E-state index contributed by atoms with van der Waals surface area (Å²) in [5.41, 5.74) is 0.776.